The van der Waals surface area contributed by atoms with Gasteiger partial charge in [-0.1, -0.05) is 22.0 Å². The zero-order valence-electron chi connectivity index (χ0n) is 5.34. The minimum absolute atomic E-state index is 0.254. The molecule has 0 aromatic heterocycles. The predicted molar refractivity (Wildman–Crippen MR) is 43.7 cm³/mol. The molecule has 0 spiro atoms. The van der Waals surface area contributed by atoms with E-state index in [1.165, 1.54) is 0 Å². The minimum atomic E-state index is 0.254. The van der Waals surface area contributed by atoms with Gasteiger partial charge in [0.05, 0.1) is 0 Å². The fraction of sp³-hybridized carbons (Fsp3) is 0.143. The van der Waals surface area contributed by atoms with Crippen LogP contribution < -0.4 is 5.73 Å². The van der Waals surface area contributed by atoms with Crippen LogP contribution in [0, 0.1) is 0 Å². The van der Waals surface area contributed by atoms with E-state index in [4.69, 9.17) is 10.8 Å². The highest BCUT2D eigenvalue weighted by Gasteiger charge is 1.96. The van der Waals surface area contributed by atoms with Gasteiger partial charge in [-0.25, -0.2) is 0 Å². The van der Waals surface area contributed by atoms with E-state index in [1.807, 2.05) is 0 Å². The molecule has 0 unspecified atom stereocenters. The van der Waals surface area contributed by atoms with Gasteiger partial charge in [-0.2, -0.15) is 0 Å². The second kappa shape index (κ2) is 3.03. The summed E-state index contributed by atoms with van der Waals surface area (Å²) >= 11 is 3.27. The third-order valence-electron chi connectivity index (χ3n) is 1.26. The first-order valence-corrected chi connectivity index (χ1v) is 3.71. The lowest BCUT2D eigenvalue weighted by Crippen LogP contribution is -1.96. The van der Waals surface area contributed by atoms with Crippen molar-refractivity contribution in [1.29, 1.82) is 0 Å². The average molecular weight is 202 g/mol. The number of phenols is 1. The van der Waals surface area contributed by atoms with Gasteiger partial charge in [-0.05, 0) is 17.7 Å². The van der Waals surface area contributed by atoms with Crippen molar-refractivity contribution >= 4 is 15.9 Å². The molecule has 3 heteroatoms. The number of halogens is 1. The molecule has 0 saturated heterocycles. The van der Waals surface area contributed by atoms with Crippen molar-refractivity contribution in [3.05, 3.63) is 28.2 Å². The number of rotatable bonds is 1. The van der Waals surface area contributed by atoms with Crippen molar-refractivity contribution < 1.29 is 5.11 Å². The van der Waals surface area contributed by atoms with Gasteiger partial charge < -0.3 is 10.8 Å². The van der Waals surface area contributed by atoms with Crippen LogP contribution in [0.4, 0.5) is 0 Å². The van der Waals surface area contributed by atoms with Gasteiger partial charge in [-0.3, -0.25) is 0 Å². The third kappa shape index (κ3) is 1.49. The Labute approximate surface area is 67.8 Å². The van der Waals surface area contributed by atoms with Crippen LogP contribution in [0.3, 0.4) is 0 Å². The highest BCUT2D eigenvalue weighted by atomic mass is 79.9. The Morgan fingerprint density at radius 2 is 2.20 bits per heavy atom. The maximum Gasteiger partial charge on any atom is 0.116 e. The number of phenolic OH excluding ortho intramolecular Hbond substituents is 1. The molecule has 3 N–H and O–H groups in total. The van der Waals surface area contributed by atoms with Crippen LogP contribution in [0.2, 0.25) is 0 Å². The maximum atomic E-state index is 8.96. The van der Waals surface area contributed by atoms with Crippen LogP contribution in [-0.2, 0) is 6.54 Å². The number of aromatic hydroxyl groups is 1. The summed E-state index contributed by atoms with van der Waals surface area (Å²) in [4.78, 5) is 0. The van der Waals surface area contributed by atoms with E-state index in [0.717, 1.165) is 10.0 Å². The van der Waals surface area contributed by atoms with Crippen molar-refractivity contribution in [3.8, 4) is 5.75 Å². The lowest BCUT2D eigenvalue weighted by molar-refractivity contribution is 0.474. The molecular weight excluding hydrogens is 194 g/mol. The average Bonchev–Trinajstić information content (AvgIpc) is 1.88. The van der Waals surface area contributed by atoms with E-state index < -0.39 is 0 Å². The molecule has 0 amide bonds. The number of hydrogen-bond donors (Lipinski definition) is 2. The molecule has 2 nitrogen and oxygen atoms in total. The van der Waals surface area contributed by atoms with E-state index in [0.29, 0.717) is 6.54 Å². The molecule has 0 radical (unpaired) electrons. The fourth-order valence-electron chi connectivity index (χ4n) is 0.702. The quantitative estimate of drug-likeness (QED) is 0.726. The van der Waals surface area contributed by atoms with Crippen LogP contribution in [0.25, 0.3) is 0 Å². The Morgan fingerprint density at radius 3 is 2.70 bits per heavy atom. The highest BCUT2D eigenvalue weighted by Crippen LogP contribution is 2.21. The molecule has 0 atom stereocenters. The summed E-state index contributed by atoms with van der Waals surface area (Å²) in [6.45, 7) is 0.487. The van der Waals surface area contributed by atoms with Crippen molar-refractivity contribution in [3.63, 3.8) is 0 Å². The largest absolute Gasteiger partial charge is 0.508 e. The summed E-state index contributed by atoms with van der Waals surface area (Å²) in [5.41, 5.74) is 6.39. The minimum Gasteiger partial charge on any atom is -0.508 e. The SMILES string of the molecule is NCc1ccc(O)cc1Br. The molecule has 0 heterocycles. The van der Waals surface area contributed by atoms with Gasteiger partial charge in [0.25, 0.3) is 0 Å². The van der Waals surface area contributed by atoms with E-state index in [-0.39, 0.29) is 5.75 Å². The van der Waals surface area contributed by atoms with Crippen LogP contribution in [0.1, 0.15) is 5.56 Å². The Bertz CT molecular complexity index is 237. The lowest BCUT2D eigenvalue weighted by Gasteiger charge is -1.99. The molecule has 10 heavy (non-hydrogen) atoms. The van der Waals surface area contributed by atoms with Gasteiger partial charge >= 0.3 is 0 Å². The smallest absolute Gasteiger partial charge is 0.116 e. The zero-order chi connectivity index (χ0) is 7.56. The first-order valence-electron chi connectivity index (χ1n) is 2.91. The fourth-order valence-corrected chi connectivity index (χ4v) is 1.23. The van der Waals surface area contributed by atoms with Crippen molar-refractivity contribution in [1.82, 2.24) is 0 Å². The molecule has 0 aliphatic carbocycles. The molecule has 0 saturated carbocycles. The van der Waals surface area contributed by atoms with Crippen LogP contribution in [0.5, 0.6) is 5.75 Å². The van der Waals surface area contributed by atoms with Crippen LogP contribution in [-0.4, -0.2) is 5.11 Å². The van der Waals surface area contributed by atoms with E-state index in [9.17, 15) is 0 Å². The molecular formula is C7H8BrNO. The summed E-state index contributed by atoms with van der Waals surface area (Å²) in [5.74, 6) is 0.254. The number of nitrogens with two attached hydrogens (primary N) is 1. The zero-order valence-corrected chi connectivity index (χ0v) is 6.93. The van der Waals surface area contributed by atoms with Crippen LogP contribution in [0.15, 0.2) is 22.7 Å². The summed E-state index contributed by atoms with van der Waals surface area (Å²) < 4.78 is 0.856. The molecule has 0 fully saturated rings. The predicted octanol–water partition coefficient (Wildman–Crippen LogP) is 1.61. The van der Waals surface area contributed by atoms with Crippen LogP contribution >= 0.6 is 15.9 Å². The molecule has 0 aliphatic heterocycles. The van der Waals surface area contributed by atoms with E-state index in [2.05, 4.69) is 15.9 Å². The second-order valence-corrected chi connectivity index (χ2v) is 2.83. The molecule has 0 bridgehead atoms. The third-order valence-corrected chi connectivity index (χ3v) is 1.99. The molecule has 54 valence electrons. The standard InChI is InChI=1S/C7H8BrNO/c8-7-3-6(10)2-1-5(7)4-9/h1-3,10H,4,9H2. The van der Waals surface area contributed by atoms with Gasteiger partial charge in [0.2, 0.25) is 0 Å². The van der Waals surface area contributed by atoms with Gasteiger partial charge in [0, 0.05) is 11.0 Å². The van der Waals surface area contributed by atoms with Crippen molar-refractivity contribution in [2.75, 3.05) is 0 Å². The van der Waals surface area contributed by atoms with Gasteiger partial charge in [-0.15, -0.1) is 0 Å². The van der Waals surface area contributed by atoms with Gasteiger partial charge in [0.15, 0.2) is 0 Å². The number of hydrogen-bond acceptors (Lipinski definition) is 2. The normalized spacial score (nSPS) is 9.80. The number of benzene rings is 1. The summed E-state index contributed by atoms with van der Waals surface area (Å²) in [7, 11) is 0. The van der Waals surface area contributed by atoms with E-state index in [1.54, 1.807) is 18.2 Å². The first-order chi connectivity index (χ1) is 4.74. The molecule has 1 aromatic carbocycles. The molecule has 0 aliphatic rings. The monoisotopic (exact) mass is 201 g/mol. The summed E-state index contributed by atoms with van der Waals surface area (Å²) in [6, 6.07) is 5.04. The van der Waals surface area contributed by atoms with Crippen molar-refractivity contribution in [2.24, 2.45) is 5.73 Å². The summed E-state index contributed by atoms with van der Waals surface area (Å²) in [5, 5.41) is 8.96. The Kier molecular flexibility index (Phi) is 2.29. The Hall–Kier alpha value is -0.540. The highest BCUT2D eigenvalue weighted by molar-refractivity contribution is 9.10. The van der Waals surface area contributed by atoms with Gasteiger partial charge in [0.1, 0.15) is 5.75 Å². The Morgan fingerprint density at radius 1 is 1.50 bits per heavy atom. The van der Waals surface area contributed by atoms with Crippen molar-refractivity contribution in [2.45, 2.75) is 6.54 Å². The second-order valence-electron chi connectivity index (χ2n) is 1.98. The first kappa shape index (κ1) is 7.57. The Balaban J connectivity index is 3.07. The molecule has 1 rings (SSSR count). The maximum absolute atomic E-state index is 8.96. The van der Waals surface area contributed by atoms with E-state index >= 15 is 0 Å². The molecule has 1 aromatic rings. The lowest BCUT2D eigenvalue weighted by atomic mass is 10.2. The topological polar surface area (TPSA) is 46.2 Å². The summed E-state index contributed by atoms with van der Waals surface area (Å²) in [6.07, 6.45) is 0.